The van der Waals surface area contributed by atoms with Crippen LogP contribution in [0.1, 0.15) is 6.92 Å². The molecule has 96 valence electrons. The van der Waals surface area contributed by atoms with Gasteiger partial charge in [0.05, 0.1) is 5.39 Å². The van der Waals surface area contributed by atoms with Gasteiger partial charge in [0.25, 0.3) is 0 Å². The van der Waals surface area contributed by atoms with E-state index in [2.05, 4.69) is 16.5 Å². The summed E-state index contributed by atoms with van der Waals surface area (Å²) in [6, 6.07) is 7.94. The van der Waals surface area contributed by atoms with Gasteiger partial charge in [0.15, 0.2) is 0 Å². The maximum Gasteiger partial charge on any atom is 0.309 e. The summed E-state index contributed by atoms with van der Waals surface area (Å²) in [5, 5.41) is 9.42. The summed E-state index contributed by atoms with van der Waals surface area (Å²) in [6.45, 7) is 1.39. The molecule has 2 aromatic heterocycles. The molecule has 4 nitrogen and oxygen atoms in total. The summed E-state index contributed by atoms with van der Waals surface area (Å²) in [6.07, 6.45) is 0. The van der Waals surface area contributed by atoms with Gasteiger partial charge < -0.3 is 4.74 Å². The minimum Gasteiger partial charge on any atom is -0.407 e. The van der Waals surface area contributed by atoms with Crippen LogP contribution in [0.5, 0.6) is 5.88 Å². The molecule has 0 atom stereocenters. The van der Waals surface area contributed by atoms with Crippen LogP contribution < -0.4 is 4.74 Å². The highest BCUT2D eigenvalue weighted by molar-refractivity contribution is 7.08. The lowest BCUT2D eigenvalue weighted by Crippen LogP contribution is -2.05. The van der Waals surface area contributed by atoms with Gasteiger partial charge in [-0.1, -0.05) is 12.1 Å². The standard InChI is InChI=1S/C14H12N2O2S/c1-9(17)18-14-12-5-3-4-11(10-6-7-19-8-10)13(12)15-16(14)2/h3-8H,1-2H3. The van der Waals surface area contributed by atoms with E-state index < -0.39 is 0 Å². The number of nitrogens with zero attached hydrogens (tertiary/aromatic N) is 2. The molecule has 0 radical (unpaired) electrons. The quantitative estimate of drug-likeness (QED) is 0.673. The van der Waals surface area contributed by atoms with Gasteiger partial charge in [0.2, 0.25) is 5.88 Å². The molecule has 3 aromatic rings. The first-order valence-electron chi connectivity index (χ1n) is 5.83. The summed E-state index contributed by atoms with van der Waals surface area (Å²) < 4.78 is 6.83. The second-order valence-electron chi connectivity index (χ2n) is 4.24. The third kappa shape index (κ3) is 2.02. The van der Waals surface area contributed by atoms with Gasteiger partial charge in [-0.05, 0) is 28.5 Å². The highest BCUT2D eigenvalue weighted by Crippen LogP contribution is 2.33. The van der Waals surface area contributed by atoms with Crippen molar-refractivity contribution in [3.63, 3.8) is 0 Å². The maximum atomic E-state index is 11.2. The van der Waals surface area contributed by atoms with E-state index in [0.29, 0.717) is 5.88 Å². The van der Waals surface area contributed by atoms with E-state index in [-0.39, 0.29) is 5.97 Å². The second kappa shape index (κ2) is 4.51. The number of aryl methyl sites for hydroxylation is 1. The number of carbonyl (C=O) groups is 1. The van der Waals surface area contributed by atoms with E-state index >= 15 is 0 Å². The maximum absolute atomic E-state index is 11.2. The molecule has 0 saturated heterocycles. The van der Waals surface area contributed by atoms with Crippen LogP contribution in [-0.2, 0) is 11.8 Å². The summed E-state index contributed by atoms with van der Waals surface area (Å²) in [5.41, 5.74) is 3.02. The van der Waals surface area contributed by atoms with Crippen molar-refractivity contribution in [1.82, 2.24) is 9.78 Å². The van der Waals surface area contributed by atoms with Crippen LogP contribution in [0.2, 0.25) is 0 Å². The molecular weight excluding hydrogens is 260 g/mol. The van der Waals surface area contributed by atoms with Crippen molar-refractivity contribution >= 4 is 28.2 Å². The molecule has 1 aromatic carbocycles. The Balaban J connectivity index is 2.25. The van der Waals surface area contributed by atoms with Crippen LogP contribution in [0.3, 0.4) is 0 Å². The summed E-state index contributed by atoms with van der Waals surface area (Å²) in [7, 11) is 1.77. The molecule has 5 heteroatoms. The number of carbonyl (C=O) groups excluding carboxylic acids is 1. The zero-order chi connectivity index (χ0) is 13.4. The minimum atomic E-state index is -0.342. The van der Waals surface area contributed by atoms with Crippen molar-refractivity contribution in [1.29, 1.82) is 0 Å². The zero-order valence-electron chi connectivity index (χ0n) is 10.6. The van der Waals surface area contributed by atoms with Gasteiger partial charge in [-0.15, -0.1) is 0 Å². The molecule has 0 aliphatic carbocycles. The van der Waals surface area contributed by atoms with Gasteiger partial charge in [-0.25, -0.2) is 4.68 Å². The van der Waals surface area contributed by atoms with Crippen LogP contribution in [0.4, 0.5) is 0 Å². The third-order valence-corrected chi connectivity index (χ3v) is 3.57. The summed E-state index contributed by atoms with van der Waals surface area (Å²) >= 11 is 1.64. The summed E-state index contributed by atoms with van der Waals surface area (Å²) in [4.78, 5) is 11.2. The van der Waals surface area contributed by atoms with Gasteiger partial charge in [-0.3, -0.25) is 4.79 Å². The Morgan fingerprint density at radius 3 is 2.89 bits per heavy atom. The Bertz CT molecular complexity index is 744. The predicted octanol–water partition coefficient (Wildman–Crippen LogP) is 3.23. The molecule has 19 heavy (non-hydrogen) atoms. The lowest BCUT2D eigenvalue weighted by atomic mass is 10.1. The van der Waals surface area contributed by atoms with Gasteiger partial charge in [0.1, 0.15) is 5.52 Å². The van der Waals surface area contributed by atoms with Crippen LogP contribution in [0, 0.1) is 0 Å². The van der Waals surface area contributed by atoms with Crippen molar-refractivity contribution in [2.75, 3.05) is 0 Å². The van der Waals surface area contributed by atoms with Crippen molar-refractivity contribution < 1.29 is 9.53 Å². The molecule has 0 amide bonds. The van der Waals surface area contributed by atoms with Crippen LogP contribution in [-0.4, -0.2) is 15.7 Å². The number of rotatable bonds is 2. The van der Waals surface area contributed by atoms with E-state index in [1.54, 1.807) is 23.1 Å². The number of aromatic nitrogens is 2. The molecule has 0 unspecified atom stereocenters. The molecule has 3 rings (SSSR count). The van der Waals surface area contributed by atoms with Crippen LogP contribution >= 0.6 is 11.3 Å². The molecule has 0 spiro atoms. The Morgan fingerprint density at radius 1 is 1.37 bits per heavy atom. The lowest BCUT2D eigenvalue weighted by molar-refractivity contribution is -0.132. The minimum absolute atomic E-state index is 0.342. The van der Waals surface area contributed by atoms with Gasteiger partial charge in [0, 0.05) is 19.5 Å². The molecule has 0 aliphatic heterocycles. The van der Waals surface area contributed by atoms with Crippen molar-refractivity contribution in [3.8, 4) is 17.0 Å². The van der Waals surface area contributed by atoms with E-state index in [1.165, 1.54) is 6.92 Å². The SMILES string of the molecule is CC(=O)Oc1c2cccc(-c3ccsc3)c2nn1C. The van der Waals surface area contributed by atoms with Crippen molar-refractivity contribution in [2.24, 2.45) is 7.05 Å². The molecule has 2 heterocycles. The highest BCUT2D eigenvalue weighted by atomic mass is 32.1. The number of benzene rings is 1. The number of thiophene rings is 1. The average molecular weight is 272 g/mol. The largest absolute Gasteiger partial charge is 0.407 e. The average Bonchev–Trinajstić information content (AvgIpc) is 2.98. The Morgan fingerprint density at radius 2 is 2.21 bits per heavy atom. The molecule has 0 saturated carbocycles. The molecule has 0 bridgehead atoms. The second-order valence-corrected chi connectivity index (χ2v) is 5.02. The molecule has 0 fully saturated rings. The smallest absolute Gasteiger partial charge is 0.309 e. The first-order chi connectivity index (χ1) is 9.16. The highest BCUT2D eigenvalue weighted by Gasteiger charge is 2.15. The number of ether oxygens (including phenoxy) is 1. The molecule has 0 aliphatic rings. The fourth-order valence-corrected chi connectivity index (χ4v) is 2.76. The fraction of sp³-hybridized carbons (Fsp3) is 0.143. The van der Waals surface area contributed by atoms with Gasteiger partial charge >= 0.3 is 5.97 Å². The van der Waals surface area contributed by atoms with Crippen LogP contribution in [0.15, 0.2) is 35.0 Å². The number of fused-ring (bicyclic) bond motifs is 1. The Labute approximate surface area is 114 Å². The number of hydrogen-bond donors (Lipinski definition) is 0. The van der Waals surface area contributed by atoms with E-state index in [1.807, 2.05) is 23.6 Å². The lowest BCUT2D eigenvalue weighted by Gasteiger charge is -2.01. The molecular formula is C14H12N2O2S. The monoisotopic (exact) mass is 272 g/mol. The zero-order valence-corrected chi connectivity index (χ0v) is 11.4. The fourth-order valence-electron chi connectivity index (χ4n) is 2.10. The normalized spacial score (nSPS) is 10.8. The number of esters is 1. The first-order valence-corrected chi connectivity index (χ1v) is 6.78. The van der Waals surface area contributed by atoms with E-state index in [4.69, 9.17) is 4.74 Å². The third-order valence-electron chi connectivity index (χ3n) is 2.88. The Kier molecular flexibility index (Phi) is 2.83. The van der Waals surface area contributed by atoms with Crippen LogP contribution in [0.25, 0.3) is 22.0 Å². The van der Waals surface area contributed by atoms with Crippen molar-refractivity contribution in [3.05, 3.63) is 35.0 Å². The number of hydrogen-bond acceptors (Lipinski definition) is 4. The first kappa shape index (κ1) is 11.9. The van der Waals surface area contributed by atoms with Gasteiger partial charge in [-0.2, -0.15) is 16.4 Å². The van der Waals surface area contributed by atoms with Crippen molar-refractivity contribution in [2.45, 2.75) is 6.92 Å². The van der Waals surface area contributed by atoms with E-state index in [9.17, 15) is 4.79 Å². The predicted molar refractivity (Wildman–Crippen MR) is 75.3 cm³/mol. The van der Waals surface area contributed by atoms with E-state index in [0.717, 1.165) is 22.0 Å². The Hall–Kier alpha value is -2.14. The summed E-state index contributed by atoms with van der Waals surface area (Å²) in [5.74, 6) is 0.144. The molecule has 0 N–H and O–H groups in total. The topological polar surface area (TPSA) is 44.1 Å².